The molecule has 0 bridgehead atoms. The lowest BCUT2D eigenvalue weighted by molar-refractivity contribution is 0.0952. The van der Waals surface area contributed by atoms with Crippen LogP contribution in [0.5, 0.6) is 5.75 Å². The molecule has 170 valence electrons. The zero-order chi connectivity index (χ0) is 23.0. The van der Waals surface area contributed by atoms with Gasteiger partial charge >= 0.3 is 0 Å². The highest BCUT2D eigenvalue weighted by molar-refractivity contribution is 5.93. The molecule has 4 rings (SSSR count). The number of benzene rings is 2. The Morgan fingerprint density at radius 2 is 1.82 bits per heavy atom. The van der Waals surface area contributed by atoms with E-state index in [0.29, 0.717) is 18.7 Å². The summed E-state index contributed by atoms with van der Waals surface area (Å²) in [5, 5.41) is 2.97. The first-order chi connectivity index (χ1) is 16.1. The molecule has 0 atom stereocenters. The molecule has 4 aromatic rings. The van der Waals surface area contributed by atoms with E-state index in [-0.39, 0.29) is 5.91 Å². The normalized spacial score (nSPS) is 11.0. The van der Waals surface area contributed by atoms with E-state index in [1.165, 1.54) is 0 Å². The van der Waals surface area contributed by atoms with Crippen LogP contribution in [0.4, 0.5) is 0 Å². The fourth-order valence-corrected chi connectivity index (χ4v) is 4.04. The molecule has 0 radical (unpaired) electrons. The maximum atomic E-state index is 12.2. The fourth-order valence-electron chi connectivity index (χ4n) is 4.04. The van der Waals surface area contributed by atoms with Crippen LogP contribution in [-0.2, 0) is 13.0 Å². The van der Waals surface area contributed by atoms with Crippen molar-refractivity contribution in [3.8, 4) is 5.75 Å². The van der Waals surface area contributed by atoms with Crippen molar-refractivity contribution in [3.05, 3.63) is 89.5 Å². The first-order valence-electron chi connectivity index (χ1n) is 11.4. The number of carbonyl (C=O) groups is 1. The lowest BCUT2D eigenvalue weighted by Gasteiger charge is -2.13. The Morgan fingerprint density at radius 1 is 1.00 bits per heavy atom. The lowest BCUT2D eigenvalue weighted by atomic mass is 10.1. The number of para-hydroxylation sites is 3. The Labute approximate surface area is 194 Å². The Kier molecular flexibility index (Phi) is 7.35. The van der Waals surface area contributed by atoms with Crippen LogP contribution in [0.25, 0.3) is 11.0 Å². The highest BCUT2D eigenvalue weighted by Crippen LogP contribution is 2.23. The summed E-state index contributed by atoms with van der Waals surface area (Å²) in [5.41, 5.74) is 5.05. The summed E-state index contributed by atoms with van der Waals surface area (Å²) >= 11 is 0. The highest BCUT2D eigenvalue weighted by atomic mass is 16.5. The molecule has 2 aromatic heterocycles. The summed E-state index contributed by atoms with van der Waals surface area (Å²) in [6, 6.07) is 18.0. The summed E-state index contributed by atoms with van der Waals surface area (Å²) < 4.78 is 8.38. The van der Waals surface area contributed by atoms with Crippen LogP contribution >= 0.6 is 0 Å². The summed E-state index contributed by atoms with van der Waals surface area (Å²) in [4.78, 5) is 21.1. The van der Waals surface area contributed by atoms with E-state index in [2.05, 4.69) is 53.0 Å². The second kappa shape index (κ2) is 10.8. The van der Waals surface area contributed by atoms with Gasteiger partial charge in [-0.15, -0.1) is 0 Å². The van der Waals surface area contributed by atoms with Crippen LogP contribution in [0.3, 0.4) is 0 Å². The first-order valence-corrected chi connectivity index (χ1v) is 11.4. The maximum Gasteiger partial charge on any atom is 0.252 e. The SMILES string of the molecule is Cc1cccc(C)c1OCCCn1c(CCCNC(=O)c2cccnc2)nc2ccccc21. The third kappa shape index (κ3) is 5.58. The number of imidazole rings is 1. The number of carbonyl (C=O) groups excluding carboxylic acids is 1. The monoisotopic (exact) mass is 442 g/mol. The predicted octanol–water partition coefficient (Wildman–Crippen LogP) is 4.88. The minimum atomic E-state index is -0.0970. The first kappa shape index (κ1) is 22.5. The van der Waals surface area contributed by atoms with Crippen molar-refractivity contribution in [2.75, 3.05) is 13.2 Å². The third-order valence-corrected chi connectivity index (χ3v) is 5.70. The number of hydrogen-bond donors (Lipinski definition) is 1. The molecular weight excluding hydrogens is 412 g/mol. The smallest absolute Gasteiger partial charge is 0.252 e. The van der Waals surface area contributed by atoms with Gasteiger partial charge in [0.15, 0.2) is 0 Å². The third-order valence-electron chi connectivity index (χ3n) is 5.70. The van der Waals surface area contributed by atoms with Crippen LogP contribution in [0.2, 0.25) is 0 Å². The number of fused-ring (bicyclic) bond motifs is 1. The molecule has 0 aliphatic heterocycles. The minimum absolute atomic E-state index is 0.0970. The molecule has 0 unspecified atom stereocenters. The van der Waals surface area contributed by atoms with Crippen molar-refractivity contribution in [2.24, 2.45) is 0 Å². The minimum Gasteiger partial charge on any atom is -0.493 e. The van der Waals surface area contributed by atoms with Gasteiger partial charge in [-0.1, -0.05) is 30.3 Å². The van der Waals surface area contributed by atoms with Gasteiger partial charge in [0.1, 0.15) is 11.6 Å². The maximum absolute atomic E-state index is 12.2. The van der Waals surface area contributed by atoms with E-state index >= 15 is 0 Å². The van der Waals surface area contributed by atoms with Gasteiger partial charge in [-0.25, -0.2) is 4.98 Å². The van der Waals surface area contributed by atoms with Gasteiger partial charge in [0.05, 0.1) is 23.2 Å². The Bertz CT molecular complexity index is 1200. The molecule has 0 fully saturated rings. The number of aryl methyl sites for hydroxylation is 4. The Morgan fingerprint density at radius 3 is 2.61 bits per heavy atom. The summed E-state index contributed by atoms with van der Waals surface area (Å²) in [6.07, 6.45) is 5.73. The largest absolute Gasteiger partial charge is 0.493 e. The Balaban J connectivity index is 1.35. The van der Waals surface area contributed by atoms with Crippen molar-refractivity contribution < 1.29 is 9.53 Å². The molecular formula is C27H30N4O2. The number of nitrogens with zero attached hydrogens (tertiary/aromatic N) is 3. The number of amides is 1. The molecule has 2 aromatic carbocycles. The van der Waals surface area contributed by atoms with Gasteiger partial charge in [-0.3, -0.25) is 9.78 Å². The molecule has 0 aliphatic rings. The second-order valence-corrected chi connectivity index (χ2v) is 8.19. The molecule has 0 saturated carbocycles. The number of ether oxygens (including phenoxy) is 1. The van der Waals surface area contributed by atoms with Gasteiger partial charge in [-0.2, -0.15) is 0 Å². The number of nitrogens with one attached hydrogen (secondary N) is 1. The molecule has 1 N–H and O–H groups in total. The zero-order valence-corrected chi connectivity index (χ0v) is 19.3. The molecule has 6 heteroatoms. The van der Waals surface area contributed by atoms with Crippen LogP contribution in [0.1, 0.15) is 40.2 Å². The molecule has 2 heterocycles. The molecule has 0 aliphatic carbocycles. The van der Waals surface area contributed by atoms with E-state index in [4.69, 9.17) is 9.72 Å². The number of aromatic nitrogens is 3. The summed E-state index contributed by atoms with van der Waals surface area (Å²) in [5.74, 6) is 1.93. The van der Waals surface area contributed by atoms with Gasteiger partial charge < -0.3 is 14.6 Å². The molecule has 0 saturated heterocycles. The van der Waals surface area contributed by atoms with Gasteiger partial charge in [-0.05, 0) is 62.1 Å². The average molecular weight is 443 g/mol. The average Bonchev–Trinajstić information content (AvgIpc) is 3.19. The topological polar surface area (TPSA) is 69.0 Å². The van der Waals surface area contributed by atoms with E-state index in [0.717, 1.165) is 59.5 Å². The van der Waals surface area contributed by atoms with Crippen molar-refractivity contribution >= 4 is 16.9 Å². The van der Waals surface area contributed by atoms with Crippen LogP contribution in [0, 0.1) is 13.8 Å². The number of rotatable bonds is 10. The standard InChI is InChI=1S/C27H30N4O2/c1-20-9-5-10-21(2)26(20)33-18-8-17-31-24-13-4-3-12-23(24)30-25(31)14-7-16-29-27(32)22-11-6-15-28-19-22/h3-6,9-13,15,19H,7-8,14,16-18H2,1-2H3,(H,29,32). The zero-order valence-electron chi connectivity index (χ0n) is 19.3. The molecule has 0 spiro atoms. The van der Waals surface area contributed by atoms with Gasteiger partial charge in [0.2, 0.25) is 0 Å². The van der Waals surface area contributed by atoms with Crippen molar-refractivity contribution in [3.63, 3.8) is 0 Å². The van der Waals surface area contributed by atoms with E-state index < -0.39 is 0 Å². The molecule has 33 heavy (non-hydrogen) atoms. The van der Waals surface area contributed by atoms with Crippen molar-refractivity contribution in [1.82, 2.24) is 19.9 Å². The quantitative estimate of drug-likeness (QED) is 0.356. The highest BCUT2D eigenvalue weighted by Gasteiger charge is 2.11. The van der Waals surface area contributed by atoms with Crippen LogP contribution < -0.4 is 10.1 Å². The number of hydrogen-bond acceptors (Lipinski definition) is 4. The van der Waals surface area contributed by atoms with Gasteiger partial charge in [0, 0.05) is 31.9 Å². The predicted molar refractivity (Wildman–Crippen MR) is 131 cm³/mol. The van der Waals surface area contributed by atoms with E-state index in [1.54, 1.807) is 24.5 Å². The molecule has 1 amide bonds. The van der Waals surface area contributed by atoms with Crippen molar-refractivity contribution in [2.45, 2.75) is 39.7 Å². The second-order valence-electron chi connectivity index (χ2n) is 8.19. The Hall–Kier alpha value is -3.67. The van der Waals surface area contributed by atoms with Crippen LogP contribution in [0.15, 0.2) is 67.0 Å². The fraction of sp³-hybridized carbons (Fsp3) is 0.296. The van der Waals surface area contributed by atoms with Gasteiger partial charge in [0.25, 0.3) is 5.91 Å². The number of pyridine rings is 1. The van der Waals surface area contributed by atoms with E-state index in [9.17, 15) is 4.79 Å². The summed E-state index contributed by atoms with van der Waals surface area (Å²) in [7, 11) is 0. The van der Waals surface area contributed by atoms with Crippen LogP contribution in [-0.4, -0.2) is 33.6 Å². The van der Waals surface area contributed by atoms with Crippen molar-refractivity contribution in [1.29, 1.82) is 0 Å². The molecule has 6 nitrogen and oxygen atoms in total. The summed E-state index contributed by atoms with van der Waals surface area (Å²) in [6.45, 7) is 6.24. The van der Waals surface area contributed by atoms with E-state index in [1.807, 2.05) is 18.2 Å². The lowest BCUT2D eigenvalue weighted by Crippen LogP contribution is -2.25.